The number of imide groups is 1. The van der Waals surface area contributed by atoms with Crippen molar-refractivity contribution in [3.05, 3.63) is 110 Å². The van der Waals surface area contributed by atoms with Crippen molar-refractivity contribution < 1.29 is 14.4 Å². The molecule has 0 aliphatic carbocycles. The van der Waals surface area contributed by atoms with Crippen molar-refractivity contribution in [2.24, 2.45) is 5.92 Å². The fraction of sp³-hybridized carbons (Fsp3) is 0.148. The molecule has 0 unspecified atom stereocenters. The molecule has 3 atom stereocenters. The van der Waals surface area contributed by atoms with Crippen LogP contribution in [0.3, 0.4) is 0 Å². The Morgan fingerprint density at radius 2 is 1.44 bits per heavy atom. The molecule has 2 fully saturated rings. The number of thiazole rings is 1. The van der Waals surface area contributed by atoms with Crippen LogP contribution in [0.5, 0.6) is 0 Å². The number of anilines is 2. The van der Waals surface area contributed by atoms with Gasteiger partial charge in [0, 0.05) is 0 Å². The van der Waals surface area contributed by atoms with E-state index in [1.54, 1.807) is 35.4 Å². The van der Waals surface area contributed by atoms with Gasteiger partial charge < -0.3 is 0 Å². The number of halogens is 1. The smallest absolute Gasteiger partial charge is 0.273 e. The second kappa shape index (κ2) is 8.74. The van der Waals surface area contributed by atoms with Crippen LogP contribution in [0, 0.1) is 12.8 Å². The minimum absolute atomic E-state index is 0.195. The molecule has 4 aromatic rings. The zero-order chi connectivity index (χ0) is 25.0. The van der Waals surface area contributed by atoms with Crippen LogP contribution >= 0.6 is 22.9 Å². The van der Waals surface area contributed by atoms with Gasteiger partial charge in [0.15, 0.2) is 6.10 Å². The standard InChI is InChI=1S/C27H20ClN3O4S/c1-16-9-8-14-19(15-16)30-25(32)20-21(31(35-22(20)26(30)33)18-12-6-3-7-13-18)23-24(28)29(27(34)36-23)17-10-4-2-5-11-17/h2-15,20-22H,1H3/t20-,21+,22-/m1/s1. The van der Waals surface area contributed by atoms with Gasteiger partial charge in [-0.2, -0.15) is 0 Å². The maximum atomic E-state index is 13.8. The van der Waals surface area contributed by atoms with E-state index >= 15 is 0 Å². The molecule has 7 nitrogen and oxygen atoms in total. The highest BCUT2D eigenvalue weighted by Gasteiger charge is 2.61. The van der Waals surface area contributed by atoms with Crippen molar-refractivity contribution in [2.75, 3.05) is 9.96 Å². The third-order valence-corrected chi connectivity index (χ3v) is 7.95. The van der Waals surface area contributed by atoms with Gasteiger partial charge in [0.05, 0.1) is 21.9 Å². The van der Waals surface area contributed by atoms with Crippen molar-refractivity contribution in [1.82, 2.24) is 4.57 Å². The molecule has 36 heavy (non-hydrogen) atoms. The SMILES string of the molecule is Cc1cccc(N2C(=O)[C@@H]3[C@@H](c4sc(=O)n(-c5ccccc5)c4Cl)N(c4ccccc4)O[C@H]3C2=O)c1. The summed E-state index contributed by atoms with van der Waals surface area (Å²) in [4.78, 5) is 47.9. The van der Waals surface area contributed by atoms with Gasteiger partial charge in [0.1, 0.15) is 17.1 Å². The lowest BCUT2D eigenvalue weighted by Gasteiger charge is -2.28. The molecule has 9 heteroatoms. The van der Waals surface area contributed by atoms with Gasteiger partial charge in [-0.3, -0.25) is 23.8 Å². The van der Waals surface area contributed by atoms with E-state index in [9.17, 15) is 14.4 Å². The molecule has 2 aliphatic heterocycles. The van der Waals surface area contributed by atoms with Gasteiger partial charge in [-0.25, -0.2) is 9.96 Å². The Balaban J connectivity index is 1.49. The van der Waals surface area contributed by atoms with Gasteiger partial charge in [0.25, 0.3) is 5.91 Å². The molecule has 3 heterocycles. The van der Waals surface area contributed by atoms with E-state index in [1.165, 1.54) is 9.47 Å². The number of carbonyl (C=O) groups is 2. The molecule has 2 aliphatic rings. The number of benzene rings is 3. The van der Waals surface area contributed by atoms with Crippen LogP contribution < -0.4 is 14.8 Å². The molecule has 2 saturated heterocycles. The largest absolute Gasteiger partial charge is 0.313 e. The highest BCUT2D eigenvalue weighted by Crippen LogP contribution is 2.50. The van der Waals surface area contributed by atoms with Crippen LogP contribution in [0.2, 0.25) is 5.15 Å². The normalized spacial score (nSPS) is 21.3. The van der Waals surface area contributed by atoms with Crippen molar-refractivity contribution in [3.63, 3.8) is 0 Å². The highest BCUT2D eigenvalue weighted by atomic mass is 35.5. The third-order valence-electron chi connectivity index (χ3n) is 6.45. The summed E-state index contributed by atoms with van der Waals surface area (Å²) in [6, 6.07) is 24.7. The summed E-state index contributed by atoms with van der Waals surface area (Å²) in [5, 5.41) is 1.74. The topological polar surface area (TPSA) is 71.8 Å². The van der Waals surface area contributed by atoms with Crippen molar-refractivity contribution in [3.8, 4) is 5.69 Å². The number of rotatable bonds is 4. The van der Waals surface area contributed by atoms with Crippen LogP contribution in [0.1, 0.15) is 16.5 Å². The molecule has 0 N–H and O–H groups in total. The molecule has 0 saturated carbocycles. The summed E-state index contributed by atoms with van der Waals surface area (Å²) in [5.74, 6) is -1.70. The number of para-hydroxylation sites is 2. The first kappa shape index (κ1) is 22.7. The Bertz CT molecular complexity index is 1540. The lowest BCUT2D eigenvalue weighted by Crippen LogP contribution is -2.37. The Hall–Kier alpha value is -3.72. The number of carbonyl (C=O) groups excluding carboxylic acids is 2. The predicted octanol–water partition coefficient (Wildman–Crippen LogP) is 4.91. The van der Waals surface area contributed by atoms with Crippen LogP contribution in [-0.4, -0.2) is 22.5 Å². The molecule has 1 aromatic heterocycles. The molecule has 0 radical (unpaired) electrons. The highest BCUT2D eigenvalue weighted by molar-refractivity contribution is 7.10. The van der Waals surface area contributed by atoms with Crippen molar-refractivity contribution >= 4 is 46.1 Å². The van der Waals surface area contributed by atoms with Crippen LogP contribution in [0.15, 0.2) is 89.7 Å². The zero-order valence-electron chi connectivity index (χ0n) is 19.1. The molecule has 0 bridgehead atoms. The molecule has 6 rings (SSSR count). The lowest BCUT2D eigenvalue weighted by molar-refractivity contribution is -0.126. The Morgan fingerprint density at radius 1 is 0.806 bits per heavy atom. The fourth-order valence-corrected chi connectivity index (χ4v) is 6.32. The van der Waals surface area contributed by atoms with Gasteiger partial charge in [-0.15, -0.1) is 0 Å². The van der Waals surface area contributed by atoms with E-state index in [-0.39, 0.29) is 15.9 Å². The zero-order valence-corrected chi connectivity index (χ0v) is 20.6. The second-order valence-electron chi connectivity index (χ2n) is 8.70. The molecule has 3 aromatic carbocycles. The maximum Gasteiger partial charge on any atom is 0.313 e. The molecule has 2 amide bonds. The fourth-order valence-electron chi connectivity index (χ4n) is 4.85. The Morgan fingerprint density at radius 3 is 2.11 bits per heavy atom. The van der Waals surface area contributed by atoms with Crippen LogP contribution in [0.25, 0.3) is 5.69 Å². The number of aryl methyl sites for hydroxylation is 1. The monoisotopic (exact) mass is 517 g/mol. The van der Waals surface area contributed by atoms with E-state index in [1.807, 2.05) is 61.5 Å². The summed E-state index contributed by atoms with van der Waals surface area (Å²) in [7, 11) is 0. The summed E-state index contributed by atoms with van der Waals surface area (Å²) in [6.45, 7) is 1.90. The first-order valence-corrected chi connectivity index (χ1v) is 12.6. The number of aromatic nitrogens is 1. The van der Waals surface area contributed by atoms with Gasteiger partial charge in [-0.1, -0.05) is 71.5 Å². The summed E-state index contributed by atoms with van der Waals surface area (Å²) in [5.41, 5.74) is 2.69. The summed E-state index contributed by atoms with van der Waals surface area (Å²) in [6.07, 6.45) is -1.04. The molecule has 0 spiro atoms. The van der Waals surface area contributed by atoms with Crippen LogP contribution in [0.4, 0.5) is 11.4 Å². The first-order valence-electron chi connectivity index (χ1n) is 11.4. The number of hydroxylamine groups is 1. The molecule has 180 valence electrons. The first-order chi connectivity index (χ1) is 17.5. The van der Waals surface area contributed by atoms with Gasteiger partial charge >= 0.3 is 4.87 Å². The summed E-state index contributed by atoms with van der Waals surface area (Å²) >= 11 is 7.78. The summed E-state index contributed by atoms with van der Waals surface area (Å²) < 4.78 is 1.41. The van der Waals surface area contributed by atoms with E-state index in [0.29, 0.717) is 21.9 Å². The Kier molecular flexibility index (Phi) is 5.52. The van der Waals surface area contributed by atoms with E-state index in [4.69, 9.17) is 16.4 Å². The average molecular weight is 518 g/mol. The maximum absolute atomic E-state index is 13.8. The molecular formula is C27H20ClN3O4S. The average Bonchev–Trinajstić information content (AvgIpc) is 3.49. The third kappa shape index (κ3) is 3.49. The number of amides is 2. The number of hydrogen-bond donors (Lipinski definition) is 0. The molecular weight excluding hydrogens is 498 g/mol. The number of hydrogen-bond acceptors (Lipinski definition) is 6. The minimum atomic E-state index is -1.04. The van der Waals surface area contributed by atoms with E-state index in [2.05, 4.69) is 0 Å². The van der Waals surface area contributed by atoms with Crippen molar-refractivity contribution in [2.45, 2.75) is 19.1 Å². The Labute approximate surface area is 215 Å². The second-order valence-corrected chi connectivity index (χ2v) is 10.1. The van der Waals surface area contributed by atoms with Crippen LogP contribution in [-0.2, 0) is 14.4 Å². The van der Waals surface area contributed by atoms with E-state index < -0.39 is 24.0 Å². The predicted molar refractivity (Wildman–Crippen MR) is 139 cm³/mol. The number of fused-ring (bicyclic) bond motifs is 1. The quantitative estimate of drug-likeness (QED) is 0.360. The number of nitrogens with zero attached hydrogens (tertiary/aromatic N) is 3. The lowest BCUT2D eigenvalue weighted by atomic mass is 9.95. The van der Waals surface area contributed by atoms with Gasteiger partial charge in [0.2, 0.25) is 5.91 Å². The minimum Gasteiger partial charge on any atom is -0.273 e. The van der Waals surface area contributed by atoms with Gasteiger partial charge in [-0.05, 0) is 48.9 Å². The van der Waals surface area contributed by atoms with E-state index in [0.717, 1.165) is 16.9 Å². The van der Waals surface area contributed by atoms with Crippen molar-refractivity contribution in [1.29, 1.82) is 0 Å².